The van der Waals surface area contributed by atoms with E-state index < -0.39 is 49.7 Å². The summed E-state index contributed by atoms with van der Waals surface area (Å²) >= 11 is 0. The van der Waals surface area contributed by atoms with E-state index in [2.05, 4.69) is 35.4 Å². The van der Waals surface area contributed by atoms with Gasteiger partial charge >= 0.3 is 19.9 Å². The number of rotatable bonds is 15. The molecule has 14 nitrogen and oxygen atoms in total. The molecule has 2 aliphatic rings. The van der Waals surface area contributed by atoms with Crippen LogP contribution in [0.2, 0.25) is 0 Å². The number of alkyl halides is 5. The summed E-state index contributed by atoms with van der Waals surface area (Å²) in [6, 6.07) is 37.8. The number of pyridine rings is 1. The number of tetrazole rings is 1. The third kappa shape index (κ3) is 9.35. The molecular formula is C49H42F6N9O5P. The minimum atomic E-state index is -4.97. The van der Waals surface area contributed by atoms with Gasteiger partial charge in [-0.2, -0.15) is 22.0 Å². The molecule has 0 amide bonds. The smallest absolute Gasteiger partial charge is 0.377 e. The number of aromatic amines is 1. The second-order valence-electron chi connectivity index (χ2n) is 16.8. The molecule has 2 N–H and O–H groups in total. The summed E-state index contributed by atoms with van der Waals surface area (Å²) in [5, 5.41) is 25.3. The predicted molar refractivity (Wildman–Crippen MR) is 245 cm³/mol. The summed E-state index contributed by atoms with van der Waals surface area (Å²) in [5.74, 6) is -4.55. The summed E-state index contributed by atoms with van der Waals surface area (Å²) in [7, 11) is -4.78. The van der Waals surface area contributed by atoms with Crippen molar-refractivity contribution in [2.75, 3.05) is 36.0 Å². The molecule has 0 spiro atoms. The van der Waals surface area contributed by atoms with Gasteiger partial charge in [-0.3, -0.25) is 28.3 Å². The molecule has 10 rings (SSSR count). The van der Waals surface area contributed by atoms with E-state index in [1.807, 2.05) is 36.4 Å². The maximum atomic E-state index is 16.3. The highest BCUT2D eigenvalue weighted by Crippen LogP contribution is 2.57. The lowest BCUT2D eigenvalue weighted by atomic mass is 9.80. The normalized spacial score (nSPS) is 16.8. The number of anilines is 2. The fourth-order valence-electron chi connectivity index (χ4n) is 8.52. The highest BCUT2D eigenvalue weighted by atomic mass is 31.2. The summed E-state index contributed by atoms with van der Waals surface area (Å²) in [6.07, 6.45) is -5.07. The van der Waals surface area contributed by atoms with Crippen LogP contribution in [0.5, 0.6) is 0 Å². The van der Waals surface area contributed by atoms with Gasteiger partial charge in [0.25, 0.3) is 0 Å². The number of H-pyrrole nitrogens is 1. The number of nitrogens with one attached hydrogen (secondary N) is 1. The first-order valence-electron chi connectivity index (χ1n) is 22.0. The van der Waals surface area contributed by atoms with Crippen LogP contribution in [0.1, 0.15) is 34.2 Å². The van der Waals surface area contributed by atoms with Gasteiger partial charge in [-0.15, -0.1) is 5.10 Å². The average Bonchev–Trinajstić information content (AvgIpc) is 3.84. The molecule has 5 aromatic carbocycles. The topological polar surface area (TPSA) is 149 Å². The van der Waals surface area contributed by atoms with Crippen LogP contribution in [0.4, 0.5) is 37.7 Å². The molecule has 0 aliphatic carbocycles. The first-order chi connectivity index (χ1) is 33.7. The highest BCUT2D eigenvalue weighted by molar-refractivity contribution is 7.48. The van der Waals surface area contributed by atoms with Gasteiger partial charge in [-0.05, 0) is 81.7 Å². The quantitative estimate of drug-likeness (QED) is 0.0747. The Hall–Kier alpha value is -7.09. The van der Waals surface area contributed by atoms with Crippen LogP contribution in [0.3, 0.4) is 0 Å². The number of aliphatic hydroxyl groups is 1. The second-order valence-corrected chi connectivity index (χ2v) is 18.4. The minimum absolute atomic E-state index is 0.0402. The summed E-state index contributed by atoms with van der Waals surface area (Å²) in [5.41, 5.74) is 0.745. The molecule has 2 atom stereocenters. The number of piperazine rings is 1. The van der Waals surface area contributed by atoms with Crippen molar-refractivity contribution in [1.29, 1.82) is 0 Å². The number of nitrogens with zero attached hydrogens (tertiary/aromatic N) is 8. The zero-order chi connectivity index (χ0) is 48.7. The maximum Gasteiger partial charge on any atom is 0.476 e. The maximum absolute atomic E-state index is 16.3. The SMILES string of the molecule is O=P(OCc1ccccc1)(OCc1ccccc1)OC(c1cn(-c2ccc(N3CCN(c4ccc(-c5ccc(C(F)(F)[C@]6(O)Cn7nnnc7-c7cc(F)ccc76)nc5)cc4)CC3)cc2)[nH]1)C(F)(F)F. The van der Waals surface area contributed by atoms with Crippen molar-refractivity contribution in [2.24, 2.45) is 0 Å². The number of phosphoric acid groups is 1. The number of fused-ring (bicyclic) bond motifs is 3. The molecule has 8 aromatic rings. The monoisotopic (exact) mass is 981 g/mol. The molecule has 0 radical (unpaired) electrons. The molecule has 70 heavy (non-hydrogen) atoms. The van der Waals surface area contributed by atoms with Gasteiger partial charge in [-0.25, -0.2) is 13.6 Å². The summed E-state index contributed by atoms with van der Waals surface area (Å²) < 4.78 is 123. The second kappa shape index (κ2) is 18.7. The predicted octanol–water partition coefficient (Wildman–Crippen LogP) is 10.1. The third-order valence-electron chi connectivity index (χ3n) is 12.3. The Morgan fingerprint density at radius 2 is 1.29 bits per heavy atom. The van der Waals surface area contributed by atoms with Gasteiger partial charge in [0.1, 0.15) is 11.5 Å². The first kappa shape index (κ1) is 46.6. The molecule has 0 bridgehead atoms. The van der Waals surface area contributed by atoms with E-state index in [4.69, 9.17) is 13.6 Å². The van der Waals surface area contributed by atoms with E-state index in [-0.39, 0.29) is 35.9 Å². The molecule has 1 unspecified atom stereocenters. The van der Waals surface area contributed by atoms with Crippen molar-refractivity contribution >= 4 is 19.2 Å². The molecule has 0 saturated carbocycles. The number of hydrogen-bond donors (Lipinski definition) is 2. The lowest BCUT2D eigenvalue weighted by molar-refractivity contribution is -0.207. The molecular weight excluding hydrogens is 940 g/mol. The van der Waals surface area contributed by atoms with Gasteiger partial charge in [0, 0.05) is 60.4 Å². The Morgan fingerprint density at radius 3 is 1.84 bits per heavy atom. The van der Waals surface area contributed by atoms with Gasteiger partial charge in [-0.1, -0.05) is 84.9 Å². The Labute approximate surface area is 396 Å². The van der Waals surface area contributed by atoms with Crippen LogP contribution >= 0.6 is 7.82 Å². The zero-order valence-electron chi connectivity index (χ0n) is 36.8. The van der Waals surface area contributed by atoms with E-state index in [1.54, 1.807) is 72.8 Å². The standard InChI is InChI=1S/C49H42F6N9O5P/c50-37-14-21-42-41(27-37)46-57-59-60-64(46)32-47(42,65)48(51,52)44-22-13-36(28-56-44)35-11-15-38(16-12-35)61-23-25-62(26-24-61)39-17-19-40(20-18-39)63-29-43(58-63)45(49(53,54)55)69-70(66,67-30-33-7-3-1-4-8-33)68-31-34-9-5-2-6-10-34/h1-22,27-29,45,58,65H,23-26,30-32H2/t45?,47-/m0/s1. The average molecular weight is 982 g/mol. The van der Waals surface area contributed by atoms with Crippen LogP contribution in [-0.2, 0) is 49.4 Å². The summed E-state index contributed by atoms with van der Waals surface area (Å²) in [6.45, 7) is 1.44. The number of benzene rings is 5. The molecule has 3 aromatic heterocycles. The number of hydrogen-bond acceptors (Lipinski definition) is 11. The Morgan fingerprint density at radius 1 is 0.729 bits per heavy atom. The van der Waals surface area contributed by atoms with Gasteiger partial charge in [0.2, 0.25) is 6.10 Å². The Kier molecular flexibility index (Phi) is 12.4. The van der Waals surface area contributed by atoms with Crippen LogP contribution in [0, 0.1) is 5.82 Å². The molecule has 1 saturated heterocycles. The van der Waals surface area contributed by atoms with Crippen molar-refractivity contribution in [1.82, 2.24) is 35.0 Å². The first-order valence-corrected chi connectivity index (χ1v) is 23.5. The molecule has 1 fully saturated rings. The van der Waals surface area contributed by atoms with Crippen molar-refractivity contribution in [2.45, 2.75) is 43.6 Å². The third-order valence-corrected chi connectivity index (χ3v) is 13.7. The van der Waals surface area contributed by atoms with Crippen molar-refractivity contribution < 1.29 is 49.6 Å². The largest absolute Gasteiger partial charge is 0.476 e. The van der Waals surface area contributed by atoms with Crippen LogP contribution in [-0.4, -0.2) is 72.4 Å². The van der Waals surface area contributed by atoms with E-state index in [0.29, 0.717) is 48.6 Å². The number of aromatic nitrogens is 7. The Balaban J connectivity index is 0.753. The fraction of sp³-hybridized carbons (Fsp3) is 0.224. The van der Waals surface area contributed by atoms with Crippen molar-refractivity contribution in [3.8, 4) is 28.2 Å². The molecule has 360 valence electrons. The highest BCUT2D eigenvalue weighted by Gasteiger charge is 2.59. The lowest BCUT2D eigenvalue weighted by Crippen LogP contribution is -2.49. The Bertz CT molecular complexity index is 3050. The van der Waals surface area contributed by atoms with Gasteiger partial charge < -0.3 is 14.9 Å². The van der Waals surface area contributed by atoms with Crippen molar-refractivity contribution in [3.63, 3.8) is 0 Å². The summed E-state index contributed by atoms with van der Waals surface area (Å²) in [4.78, 5) is 8.49. The fourth-order valence-corrected chi connectivity index (χ4v) is 9.83. The minimum Gasteiger partial charge on any atom is -0.377 e. The van der Waals surface area contributed by atoms with Gasteiger partial charge in [0.05, 0.1) is 37.3 Å². The molecule has 5 heterocycles. The van der Waals surface area contributed by atoms with Crippen LogP contribution < -0.4 is 9.80 Å². The molecule has 21 heteroatoms. The molecule has 2 aliphatic heterocycles. The zero-order valence-corrected chi connectivity index (χ0v) is 37.7. The number of halogens is 6. The van der Waals surface area contributed by atoms with Crippen molar-refractivity contribution in [3.05, 3.63) is 186 Å². The van der Waals surface area contributed by atoms with E-state index in [1.165, 1.54) is 23.1 Å². The van der Waals surface area contributed by atoms with E-state index in [0.717, 1.165) is 45.9 Å². The van der Waals surface area contributed by atoms with E-state index >= 15 is 8.78 Å². The van der Waals surface area contributed by atoms with Crippen LogP contribution in [0.15, 0.2) is 152 Å². The van der Waals surface area contributed by atoms with E-state index in [9.17, 15) is 27.2 Å². The van der Waals surface area contributed by atoms with Gasteiger partial charge in [0.15, 0.2) is 11.4 Å². The lowest BCUT2D eigenvalue weighted by Gasteiger charge is -2.39. The number of phosphoric ester groups is 1. The van der Waals surface area contributed by atoms with Crippen LogP contribution in [0.25, 0.3) is 28.2 Å².